The Morgan fingerprint density at radius 1 is 1.12 bits per heavy atom. The van der Waals surface area contributed by atoms with Crippen molar-refractivity contribution in [1.29, 1.82) is 5.26 Å². The van der Waals surface area contributed by atoms with Gasteiger partial charge in [0.1, 0.15) is 6.07 Å². The van der Waals surface area contributed by atoms with Gasteiger partial charge in [0, 0.05) is 5.41 Å². The van der Waals surface area contributed by atoms with Gasteiger partial charge in [-0.2, -0.15) is 5.26 Å². The van der Waals surface area contributed by atoms with Crippen molar-refractivity contribution >= 4 is 11.4 Å². The second-order valence-electron chi connectivity index (χ2n) is 9.62. The molecule has 1 aliphatic carbocycles. The van der Waals surface area contributed by atoms with Crippen LogP contribution in [-0.2, 0) is 15.6 Å². The SMILES string of the molecule is CC(C)(C)C(=O)C(C#N)=C1CC(C)(C)c2cc(C(C)(C)C)ccc21. The topological polar surface area (TPSA) is 40.9 Å². The highest BCUT2D eigenvalue weighted by molar-refractivity contribution is 6.09. The zero-order chi connectivity index (χ0) is 18.5. The van der Waals surface area contributed by atoms with Gasteiger partial charge in [0.05, 0.1) is 5.57 Å². The molecule has 128 valence electrons. The lowest BCUT2D eigenvalue weighted by Crippen LogP contribution is -2.22. The van der Waals surface area contributed by atoms with E-state index in [-0.39, 0.29) is 16.6 Å². The van der Waals surface area contributed by atoms with Crippen LogP contribution in [0.2, 0.25) is 0 Å². The van der Waals surface area contributed by atoms with Crippen LogP contribution in [0.5, 0.6) is 0 Å². The first-order valence-corrected chi connectivity index (χ1v) is 8.62. The Morgan fingerprint density at radius 3 is 2.17 bits per heavy atom. The van der Waals surface area contributed by atoms with Crippen molar-refractivity contribution in [1.82, 2.24) is 0 Å². The second kappa shape index (κ2) is 5.59. The third-order valence-corrected chi connectivity index (χ3v) is 4.88. The zero-order valence-corrected chi connectivity index (χ0v) is 16.3. The second-order valence-corrected chi connectivity index (χ2v) is 9.62. The van der Waals surface area contributed by atoms with Crippen molar-refractivity contribution in [3.05, 3.63) is 40.5 Å². The first-order valence-electron chi connectivity index (χ1n) is 8.62. The van der Waals surface area contributed by atoms with Crippen molar-refractivity contribution in [2.45, 2.75) is 72.6 Å². The van der Waals surface area contributed by atoms with Crippen molar-refractivity contribution in [2.24, 2.45) is 5.41 Å². The summed E-state index contributed by atoms with van der Waals surface area (Å²) in [6, 6.07) is 8.71. The van der Waals surface area contributed by atoms with Crippen LogP contribution in [0, 0.1) is 16.7 Å². The number of ketones is 1. The smallest absolute Gasteiger partial charge is 0.178 e. The lowest BCUT2D eigenvalue weighted by atomic mass is 9.81. The highest BCUT2D eigenvalue weighted by Gasteiger charge is 2.38. The minimum atomic E-state index is -0.545. The molecule has 0 aromatic heterocycles. The van der Waals surface area contributed by atoms with Crippen LogP contribution in [0.25, 0.3) is 5.57 Å². The Hall–Kier alpha value is -1.88. The Kier molecular flexibility index (Phi) is 4.30. The average Bonchev–Trinajstić information content (AvgIpc) is 2.69. The molecule has 0 unspecified atom stereocenters. The van der Waals surface area contributed by atoms with Crippen LogP contribution in [-0.4, -0.2) is 5.78 Å². The number of nitriles is 1. The molecular weight excluding hydrogens is 294 g/mol. The van der Waals surface area contributed by atoms with E-state index >= 15 is 0 Å². The van der Waals surface area contributed by atoms with Gasteiger partial charge < -0.3 is 0 Å². The normalized spacial score (nSPS) is 18.8. The molecule has 1 aromatic carbocycles. The molecule has 0 spiro atoms. The van der Waals surface area contributed by atoms with Crippen LogP contribution in [0.4, 0.5) is 0 Å². The summed E-state index contributed by atoms with van der Waals surface area (Å²) in [5.74, 6) is -0.0662. The van der Waals surface area contributed by atoms with E-state index in [1.54, 1.807) is 0 Å². The summed E-state index contributed by atoms with van der Waals surface area (Å²) in [7, 11) is 0. The number of benzene rings is 1. The Bertz CT molecular complexity index is 759. The maximum Gasteiger partial charge on any atom is 0.178 e. The predicted molar refractivity (Wildman–Crippen MR) is 99.8 cm³/mol. The molecule has 24 heavy (non-hydrogen) atoms. The third-order valence-electron chi connectivity index (χ3n) is 4.88. The molecule has 0 atom stereocenters. The van der Waals surface area contributed by atoms with Crippen molar-refractivity contribution in [3.63, 3.8) is 0 Å². The summed E-state index contributed by atoms with van der Waals surface area (Å²) < 4.78 is 0. The molecule has 0 N–H and O–H groups in total. The number of hydrogen-bond acceptors (Lipinski definition) is 2. The lowest BCUT2D eigenvalue weighted by molar-refractivity contribution is -0.122. The molecule has 0 saturated carbocycles. The van der Waals surface area contributed by atoms with E-state index in [2.05, 4.69) is 58.9 Å². The Labute approximate surface area is 146 Å². The molecule has 2 heteroatoms. The van der Waals surface area contributed by atoms with Gasteiger partial charge in [-0.3, -0.25) is 4.79 Å². The number of carbonyl (C=O) groups excluding carboxylic acids is 1. The van der Waals surface area contributed by atoms with E-state index < -0.39 is 5.41 Å². The molecular formula is C22H29NO. The fourth-order valence-electron chi connectivity index (χ4n) is 3.32. The summed E-state index contributed by atoms with van der Waals surface area (Å²) in [5, 5.41) is 9.67. The minimum absolute atomic E-state index is 0.0633. The largest absolute Gasteiger partial charge is 0.293 e. The molecule has 1 aromatic rings. The number of Topliss-reactive ketones (excluding diaryl/α,β-unsaturated/α-hetero) is 1. The summed E-state index contributed by atoms with van der Waals surface area (Å²) in [4.78, 5) is 12.7. The van der Waals surface area contributed by atoms with E-state index in [0.717, 1.165) is 17.6 Å². The number of fused-ring (bicyclic) bond motifs is 1. The zero-order valence-electron chi connectivity index (χ0n) is 16.3. The van der Waals surface area contributed by atoms with Gasteiger partial charge in [-0.1, -0.05) is 73.6 Å². The minimum Gasteiger partial charge on any atom is -0.293 e. The van der Waals surface area contributed by atoms with Gasteiger partial charge in [0.25, 0.3) is 0 Å². The molecule has 0 saturated heterocycles. The molecule has 1 aliphatic rings. The summed E-state index contributed by atoms with van der Waals surface area (Å²) in [6.45, 7) is 16.6. The highest BCUT2D eigenvalue weighted by Crippen LogP contribution is 2.48. The Balaban J connectivity index is 2.71. The lowest BCUT2D eigenvalue weighted by Gasteiger charge is -2.24. The van der Waals surface area contributed by atoms with Crippen LogP contribution in [0.1, 0.15) is 78.5 Å². The van der Waals surface area contributed by atoms with Crippen LogP contribution >= 0.6 is 0 Å². The first-order chi connectivity index (χ1) is 10.8. The third kappa shape index (κ3) is 3.18. The molecule has 0 radical (unpaired) electrons. The van der Waals surface area contributed by atoms with Gasteiger partial charge in [0.2, 0.25) is 0 Å². The predicted octanol–water partition coefficient (Wildman–Crippen LogP) is 5.56. The van der Waals surface area contributed by atoms with Crippen LogP contribution < -0.4 is 0 Å². The number of rotatable bonds is 1. The molecule has 0 fully saturated rings. The molecule has 0 heterocycles. The van der Waals surface area contributed by atoms with E-state index in [4.69, 9.17) is 0 Å². The standard InChI is InChI=1S/C22H29NO/c1-20(2,3)14-9-10-15-16(12-22(7,8)18(15)11-14)17(13-23)19(24)21(4,5)6/h9-11H,12H2,1-8H3. The molecule has 2 rings (SSSR count). The molecule has 2 nitrogen and oxygen atoms in total. The fourth-order valence-corrected chi connectivity index (χ4v) is 3.32. The van der Waals surface area contributed by atoms with Crippen molar-refractivity contribution < 1.29 is 4.79 Å². The van der Waals surface area contributed by atoms with E-state index in [9.17, 15) is 10.1 Å². The number of hydrogen-bond donors (Lipinski definition) is 0. The van der Waals surface area contributed by atoms with Gasteiger partial charge in [0.15, 0.2) is 5.78 Å². The summed E-state index contributed by atoms with van der Waals surface area (Å²) >= 11 is 0. The highest BCUT2D eigenvalue weighted by atomic mass is 16.1. The van der Waals surface area contributed by atoms with Gasteiger partial charge >= 0.3 is 0 Å². The van der Waals surface area contributed by atoms with Gasteiger partial charge in [-0.25, -0.2) is 0 Å². The number of nitrogens with zero attached hydrogens (tertiary/aromatic N) is 1. The van der Waals surface area contributed by atoms with Gasteiger partial charge in [-0.15, -0.1) is 0 Å². The van der Waals surface area contributed by atoms with Crippen molar-refractivity contribution in [2.75, 3.05) is 0 Å². The van der Waals surface area contributed by atoms with Gasteiger partial charge in [-0.05, 0) is 39.5 Å². The monoisotopic (exact) mass is 323 g/mol. The molecule has 0 aliphatic heterocycles. The average molecular weight is 323 g/mol. The molecule has 0 bridgehead atoms. The fraction of sp³-hybridized carbons (Fsp3) is 0.545. The Morgan fingerprint density at radius 2 is 1.71 bits per heavy atom. The number of allylic oxidation sites excluding steroid dienone is 2. The van der Waals surface area contributed by atoms with Crippen LogP contribution in [0.15, 0.2) is 23.8 Å². The van der Waals surface area contributed by atoms with Crippen LogP contribution in [0.3, 0.4) is 0 Å². The summed E-state index contributed by atoms with van der Waals surface area (Å²) in [6.07, 6.45) is 0.737. The van der Waals surface area contributed by atoms with E-state index in [1.807, 2.05) is 20.8 Å². The maximum absolute atomic E-state index is 12.7. The first kappa shape index (κ1) is 18.5. The van der Waals surface area contributed by atoms with E-state index in [0.29, 0.717) is 5.57 Å². The summed E-state index contributed by atoms with van der Waals surface area (Å²) in [5.41, 5.74) is 4.33. The number of carbonyl (C=O) groups is 1. The van der Waals surface area contributed by atoms with E-state index in [1.165, 1.54) is 11.1 Å². The van der Waals surface area contributed by atoms with Crippen molar-refractivity contribution in [3.8, 4) is 6.07 Å². The maximum atomic E-state index is 12.7. The molecule has 0 amide bonds. The quantitative estimate of drug-likeness (QED) is 0.501.